The van der Waals surface area contributed by atoms with Crippen LogP contribution in [0.2, 0.25) is 0 Å². The van der Waals surface area contributed by atoms with Crippen LogP contribution in [0.5, 0.6) is 0 Å². The maximum Gasteiger partial charge on any atom is 0.196 e. The number of ether oxygens (including phenoxy) is 1. The molecule has 0 radical (unpaired) electrons. The summed E-state index contributed by atoms with van der Waals surface area (Å²) in [5.41, 5.74) is 0.848. The van der Waals surface area contributed by atoms with E-state index in [4.69, 9.17) is 14.3 Å². The quantitative estimate of drug-likeness (QED) is 0.440. The molecule has 0 unspecified atom stereocenters. The van der Waals surface area contributed by atoms with E-state index in [1.54, 1.807) is 6.92 Å². The third kappa shape index (κ3) is 3.99. The summed E-state index contributed by atoms with van der Waals surface area (Å²) in [6.45, 7) is 7.90. The molecule has 0 fully saturated rings. The number of unbranched alkanes of at least 4 members (excludes halogenated alkanes) is 1. The fourth-order valence-electron chi connectivity index (χ4n) is 2.30. The van der Waals surface area contributed by atoms with Crippen LogP contribution in [0.4, 0.5) is 4.39 Å². The van der Waals surface area contributed by atoms with Crippen molar-refractivity contribution in [1.29, 1.82) is 0 Å². The Bertz CT molecular complexity index is 798. The SMILES string of the molecule is C=C(OCCCCO)c1cc(F)cc2c(=O)c(C)c(SCC)oc12. The molecule has 1 N–H and O–H groups in total. The fourth-order valence-corrected chi connectivity index (χ4v) is 3.01. The molecule has 0 bridgehead atoms. The first-order valence-electron chi connectivity index (χ1n) is 7.82. The van der Waals surface area contributed by atoms with Crippen LogP contribution in [0.15, 0.2) is 33.0 Å². The number of thioether (sulfide) groups is 1. The smallest absolute Gasteiger partial charge is 0.196 e. The molecule has 6 heteroatoms. The van der Waals surface area contributed by atoms with E-state index in [0.717, 1.165) is 5.75 Å². The van der Waals surface area contributed by atoms with Crippen LogP contribution in [-0.2, 0) is 4.74 Å². The molecule has 2 rings (SSSR count). The van der Waals surface area contributed by atoms with Crippen LogP contribution in [0, 0.1) is 12.7 Å². The maximum absolute atomic E-state index is 13.9. The lowest BCUT2D eigenvalue weighted by atomic mass is 10.1. The lowest BCUT2D eigenvalue weighted by Gasteiger charge is -2.13. The third-order valence-corrected chi connectivity index (χ3v) is 4.48. The van der Waals surface area contributed by atoms with Crippen LogP contribution in [0.3, 0.4) is 0 Å². The van der Waals surface area contributed by atoms with Gasteiger partial charge in [0.05, 0.1) is 17.6 Å². The van der Waals surface area contributed by atoms with Gasteiger partial charge >= 0.3 is 0 Å². The zero-order chi connectivity index (χ0) is 17.7. The van der Waals surface area contributed by atoms with E-state index in [1.807, 2.05) is 6.92 Å². The number of hydrogen-bond acceptors (Lipinski definition) is 5. The molecule has 130 valence electrons. The van der Waals surface area contributed by atoms with Crippen molar-refractivity contribution in [2.24, 2.45) is 0 Å². The van der Waals surface area contributed by atoms with E-state index < -0.39 is 5.82 Å². The molecule has 4 nitrogen and oxygen atoms in total. The molecule has 0 atom stereocenters. The zero-order valence-corrected chi connectivity index (χ0v) is 14.7. The Hall–Kier alpha value is -1.79. The molecule has 0 spiro atoms. The van der Waals surface area contributed by atoms with Crippen molar-refractivity contribution in [3.63, 3.8) is 0 Å². The van der Waals surface area contributed by atoms with Crippen LogP contribution in [0.25, 0.3) is 16.7 Å². The maximum atomic E-state index is 13.9. The van der Waals surface area contributed by atoms with Gasteiger partial charge in [-0.3, -0.25) is 4.79 Å². The molecule has 24 heavy (non-hydrogen) atoms. The number of aliphatic hydroxyl groups excluding tert-OH is 1. The van der Waals surface area contributed by atoms with E-state index in [-0.39, 0.29) is 28.8 Å². The van der Waals surface area contributed by atoms with E-state index in [0.29, 0.717) is 35.7 Å². The van der Waals surface area contributed by atoms with E-state index in [1.165, 1.54) is 23.9 Å². The minimum Gasteiger partial charge on any atom is -0.493 e. The Kier molecular flexibility index (Phi) is 6.45. The van der Waals surface area contributed by atoms with Crippen LogP contribution in [-0.4, -0.2) is 24.1 Å². The summed E-state index contributed by atoms with van der Waals surface area (Å²) in [4.78, 5) is 12.5. The van der Waals surface area contributed by atoms with Crippen molar-refractivity contribution in [3.05, 3.63) is 45.9 Å². The lowest BCUT2D eigenvalue weighted by Crippen LogP contribution is -2.09. The molecule has 1 aromatic heterocycles. The minimum absolute atomic E-state index is 0.0878. The molecule has 1 heterocycles. The zero-order valence-electron chi connectivity index (χ0n) is 13.9. The summed E-state index contributed by atoms with van der Waals surface area (Å²) in [6, 6.07) is 2.44. The van der Waals surface area contributed by atoms with Gasteiger partial charge in [-0.05, 0) is 37.7 Å². The first-order chi connectivity index (χ1) is 11.5. The first kappa shape index (κ1) is 18.5. The second-order valence-corrected chi connectivity index (χ2v) is 6.55. The Morgan fingerprint density at radius 1 is 1.42 bits per heavy atom. The second kappa shape index (κ2) is 8.35. The van der Waals surface area contributed by atoms with Gasteiger partial charge in [-0.1, -0.05) is 25.3 Å². The summed E-state index contributed by atoms with van der Waals surface area (Å²) in [6.07, 6.45) is 1.27. The largest absolute Gasteiger partial charge is 0.493 e. The standard InChI is InChI=1S/C18H21FO4S/c1-4-24-18-11(2)16(21)15-10-13(19)9-14(17(15)23-18)12(3)22-8-6-5-7-20/h9-10,20H,3-8H2,1-2H3. The average molecular weight is 352 g/mol. The normalized spacial score (nSPS) is 11.0. The Morgan fingerprint density at radius 3 is 2.83 bits per heavy atom. The molecule has 0 saturated heterocycles. The highest BCUT2D eigenvalue weighted by Crippen LogP contribution is 2.30. The molecule has 0 aliphatic rings. The van der Waals surface area contributed by atoms with Crippen molar-refractivity contribution in [1.82, 2.24) is 0 Å². The fraction of sp³-hybridized carbons (Fsp3) is 0.389. The highest BCUT2D eigenvalue weighted by molar-refractivity contribution is 7.99. The van der Waals surface area contributed by atoms with Gasteiger partial charge in [0.25, 0.3) is 0 Å². The molecular formula is C18H21FO4S. The number of aliphatic hydroxyl groups is 1. The molecule has 0 saturated carbocycles. The van der Waals surface area contributed by atoms with Gasteiger partial charge < -0.3 is 14.3 Å². The Balaban J connectivity index is 2.49. The predicted molar refractivity (Wildman–Crippen MR) is 94.9 cm³/mol. The van der Waals surface area contributed by atoms with Crippen molar-refractivity contribution in [2.75, 3.05) is 19.0 Å². The van der Waals surface area contributed by atoms with E-state index in [9.17, 15) is 9.18 Å². The van der Waals surface area contributed by atoms with Gasteiger partial charge in [-0.15, -0.1) is 0 Å². The number of rotatable bonds is 8. The van der Waals surface area contributed by atoms with Crippen LogP contribution >= 0.6 is 11.8 Å². The highest BCUT2D eigenvalue weighted by Gasteiger charge is 2.17. The second-order valence-electron chi connectivity index (χ2n) is 5.31. The van der Waals surface area contributed by atoms with E-state index in [2.05, 4.69) is 6.58 Å². The van der Waals surface area contributed by atoms with Gasteiger partial charge in [0, 0.05) is 12.2 Å². The number of halogens is 1. The summed E-state index contributed by atoms with van der Waals surface area (Å²) in [5, 5.41) is 9.49. The number of benzene rings is 1. The molecular weight excluding hydrogens is 331 g/mol. The van der Waals surface area contributed by atoms with Gasteiger partial charge in [-0.25, -0.2) is 4.39 Å². The monoisotopic (exact) mass is 352 g/mol. The molecule has 0 aliphatic heterocycles. The van der Waals surface area contributed by atoms with Gasteiger partial charge in [0.2, 0.25) is 0 Å². The van der Waals surface area contributed by atoms with Gasteiger partial charge in [0.1, 0.15) is 11.6 Å². The Labute approximate surface area is 144 Å². The molecule has 0 aliphatic carbocycles. The summed E-state index contributed by atoms with van der Waals surface area (Å²) < 4.78 is 25.3. The van der Waals surface area contributed by atoms with Gasteiger partial charge in [0.15, 0.2) is 16.1 Å². The molecule has 0 amide bonds. The molecule has 2 aromatic rings. The van der Waals surface area contributed by atoms with Crippen molar-refractivity contribution in [2.45, 2.75) is 31.8 Å². The highest BCUT2D eigenvalue weighted by atomic mass is 32.2. The Morgan fingerprint density at radius 2 is 2.17 bits per heavy atom. The topological polar surface area (TPSA) is 59.7 Å². The van der Waals surface area contributed by atoms with Crippen molar-refractivity contribution < 1.29 is 18.7 Å². The summed E-state index contributed by atoms with van der Waals surface area (Å²) in [7, 11) is 0. The van der Waals surface area contributed by atoms with Crippen molar-refractivity contribution >= 4 is 28.5 Å². The van der Waals surface area contributed by atoms with Crippen LogP contribution in [0.1, 0.15) is 30.9 Å². The van der Waals surface area contributed by atoms with Gasteiger partial charge in [-0.2, -0.15) is 0 Å². The predicted octanol–water partition coefficient (Wildman–Crippen LogP) is 4.11. The van der Waals surface area contributed by atoms with Crippen molar-refractivity contribution in [3.8, 4) is 0 Å². The number of fused-ring (bicyclic) bond motifs is 1. The summed E-state index contributed by atoms with van der Waals surface area (Å²) in [5.74, 6) is 0.460. The molecule has 1 aromatic carbocycles. The minimum atomic E-state index is -0.541. The average Bonchev–Trinajstić information content (AvgIpc) is 2.56. The van der Waals surface area contributed by atoms with Crippen LogP contribution < -0.4 is 5.43 Å². The summed E-state index contributed by atoms with van der Waals surface area (Å²) >= 11 is 1.42. The first-order valence-corrected chi connectivity index (χ1v) is 8.80. The number of hydrogen-bond donors (Lipinski definition) is 1. The third-order valence-electron chi connectivity index (χ3n) is 3.54. The lowest BCUT2D eigenvalue weighted by molar-refractivity contribution is 0.235. The van der Waals surface area contributed by atoms with E-state index >= 15 is 0 Å².